The fourth-order valence-corrected chi connectivity index (χ4v) is 3.10. The summed E-state index contributed by atoms with van der Waals surface area (Å²) in [7, 11) is -1.53. The van der Waals surface area contributed by atoms with Gasteiger partial charge < -0.3 is 21.1 Å². The number of nitrogens with zero attached hydrogens (tertiary/aromatic N) is 5. The van der Waals surface area contributed by atoms with Crippen LogP contribution in [0.25, 0.3) is 17.2 Å². The second-order valence-corrected chi connectivity index (χ2v) is 6.63. The molecule has 3 aromatic heterocycles. The van der Waals surface area contributed by atoms with Crippen LogP contribution in [0.3, 0.4) is 0 Å². The Hall–Kier alpha value is -3.83. The van der Waals surface area contributed by atoms with Gasteiger partial charge in [-0.15, -0.1) is 0 Å². The lowest BCUT2D eigenvalue weighted by Gasteiger charge is -2.09. The molecule has 150 valence electrons. The topological polar surface area (TPSA) is 152 Å². The molecule has 1 aromatic carbocycles. The molecule has 0 unspecified atom stereocenters. The summed E-state index contributed by atoms with van der Waals surface area (Å²) in [5.74, 6) is 1.08. The summed E-state index contributed by atoms with van der Waals surface area (Å²) in [4.78, 5) is 29.1. The Morgan fingerprint density at radius 1 is 1.20 bits per heavy atom. The number of rotatable bonds is 6. The standard InChI is InChI=1S/C19H18BN7O3/c1-11-24-17(18-22-10-15-14(16(21)28)6-3-7-27(15)18)26-19(25-11)23-9-12-4-2-5-13(8-12)20(29)30/h2-8,10,29-30H,9H2,1H3,(H2,21,28)(H,23,24,25,26). The van der Waals surface area contributed by atoms with Gasteiger partial charge in [-0.05, 0) is 30.1 Å². The van der Waals surface area contributed by atoms with Gasteiger partial charge in [0, 0.05) is 12.7 Å². The van der Waals surface area contributed by atoms with E-state index in [1.807, 2.05) is 6.07 Å². The Morgan fingerprint density at radius 3 is 2.80 bits per heavy atom. The second kappa shape index (κ2) is 7.89. The summed E-state index contributed by atoms with van der Waals surface area (Å²) < 4.78 is 1.70. The van der Waals surface area contributed by atoms with Crippen molar-refractivity contribution in [3.63, 3.8) is 0 Å². The molecule has 11 heteroatoms. The molecule has 0 aliphatic rings. The SMILES string of the molecule is Cc1nc(NCc2cccc(B(O)O)c2)nc(-c2ncc3c(C(N)=O)cccn23)n1. The van der Waals surface area contributed by atoms with Crippen molar-refractivity contribution in [2.45, 2.75) is 13.5 Å². The lowest BCUT2D eigenvalue weighted by atomic mass is 9.80. The normalized spacial score (nSPS) is 10.9. The van der Waals surface area contributed by atoms with Gasteiger partial charge in [-0.1, -0.05) is 24.3 Å². The number of nitrogens with two attached hydrogens (primary N) is 1. The third-order valence-corrected chi connectivity index (χ3v) is 4.48. The van der Waals surface area contributed by atoms with E-state index in [1.165, 1.54) is 0 Å². The number of nitrogens with one attached hydrogen (secondary N) is 1. The van der Waals surface area contributed by atoms with Gasteiger partial charge >= 0.3 is 7.12 Å². The maximum absolute atomic E-state index is 11.7. The van der Waals surface area contributed by atoms with E-state index in [-0.39, 0.29) is 0 Å². The number of fused-ring (bicyclic) bond motifs is 1. The highest BCUT2D eigenvalue weighted by Gasteiger charge is 2.16. The van der Waals surface area contributed by atoms with E-state index < -0.39 is 13.0 Å². The van der Waals surface area contributed by atoms with Crippen molar-refractivity contribution in [2.24, 2.45) is 5.73 Å². The predicted molar refractivity (Wildman–Crippen MR) is 111 cm³/mol. The Balaban J connectivity index is 1.64. The fourth-order valence-electron chi connectivity index (χ4n) is 3.10. The molecule has 3 heterocycles. The molecule has 0 fully saturated rings. The van der Waals surface area contributed by atoms with Gasteiger partial charge in [0.1, 0.15) is 5.82 Å². The van der Waals surface area contributed by atoms with Crippen molar-refractivity contribution in [3.8, 4) is 11.6 Å². The van der Waals surface area contributed by atoms with Crippen molar-refractivity contribution >= 4 is 30.0 Å². The van der Waals surface area contributed by atoms with E-state index in [4.69, 9.17) is 5.73 Å². The van der Waals surface area contributed by atoms with Crippen molar-refractivity contribution in [3.05, 3.63) is 65.7 Å². The van der Waals surface area contributed by atoms with Crippen LogP contribution in [0.1, 0.15) is 21.7 Å². The Kier molecular flexibility index (Phi) is 5.13. The van der Waals surface area contributed by atoms with Gasteiger partial charge in [-0.25, -0.2) is 9.97 Å². The number of carbonyl (C=O) groups excluding carboxylic acids is 1. The molecule has 0 aliphatic heterocycles. The van der Waals surface area contributed by atoms with Crippen molar-refractivity contribution < 1.29 is 14.8 Å². The third-order valence-electron chi connectivity index (χ3n) is 4.48. The first kappa shape index (κ1) is 19.5. The Labute approximate surface area is 171 Å². The zero-order valence-electron chi connectivity index (χ0n) is 16.0. The van der Waals surface area contributed by atoms with Crippen LogP contribution in [0.15, 0.2) is 48.8 Å². The number of hydrogen-bond donors (Lipinski definition) is 4. The molecule has 10 nitrogen and oxygen atoms in total. The highest BCUT2D eigenvalue weighted by molar-refractivity contribution is 6.58. The van der Waals surface area contributed by atoms with Crippen molar-refractivity contribution in [1.82, 2.24) is 24.3 Å². The van der Waals surface area contributed by atoms with Gasteiger partial charge in [0.15, 0.2) is 5.82 Å². The average molecular weight is 403 g/mol. The van der Waals surface area contributed by atoms with Gasteiger partial charge in [-0.2, -0.15) is 9.97 Å². The van der Waals surface area contributed by atoms with E-state index in [0.717, 1.165) is 5.56 Å². The van der Waals surface area contributed by atoms with Crippen LogP contribution < -0.4 is 16.5 Å². The van der Waals surface area contributed by atoms with E-state index in [0.29, 0.717) is 46.5 Å². The quantitative estimate of drug-likeness (QED) is 0.326. The van der Waals surface area contributed by atoms with Gasteiger partial charge in [0.2, 0.25) is 11.8 Å². The number of aromatic nitrogens is 5. The second-order valence-electron chi connectivity index (χ2n) is 6.63. The van der Waals surface area contributed by atoms with Crippen LogP contribution in [-0.2, 0) is 6.54 Å². The van der Waals surface area contributed by atoms with E-state index in [2.05, 4.69) is 25.3 Å². The van der Waals surface area contributed by atoms with E-state index in [9.17, 15) is 14.8 Å². The largest absolute Gasteiger partial charge is 0.488 e. The summed E-state index contributed by atoms with van der Waals surface area (Å²) in [6.07, 6.45) is 3.30. The van der Waals surface area contributed by atoms with Crippen LogP contribution in [0.2, 0.25) is 0 Å². The zero-order chi connectivity index (χ0) is 21.3. The molecular formula is C19H18BN7O3. The average Bonchev–Trinajstić information content (AvgIpc) is 3.16. The van der Waals surface area contributed by atoms with Gasteiger partial charge in [-0.3, -0.25) is 9.20 Å². The molecule has 4 rings (SSSR count). The summed E-state index contributed by atoms with van der Waals surface area (Å²) in [6.45, 7) is 2.11. The number of benzene rings is 1. The Bertz CT molecular complexity index is 1240. The highest BCUT2D eigenvalue weighted by atomic mass is 16.4. The van der Waals surface area contributed by atoms with E-state index >= 15 is 0 Å². The summed E-state index contributed by atoms with van der Waals surface area (Å²) in [5.41, 5.74) is 7.58. The maximum atomic E-state index is 11.7. The summed E-state index contributed by atoms with van der Waals surface area (Å²) >= 11 is 0. The summed E-state index contributed by atoms with van der Waals surface area (Å²) in [6, 6.07) is 10.2. The third kappa shape index (κ3) is 3.84. The number of carbonyl (C=O) groups is 1. The predicted octanol–water partition coefficient (Wildman–Crippen LogP) is -0.114. The number of amides is 1. The molecule has 1 amide bonds. The highest BCUT2D eigenvalue weighted by Crippen LogP contribution is 2.20. The molecule has 0 radical (unpaired) electrons. The minimum absolute atomic E-state index is 0.339. The minimum atomic E-state index is -1.53. The van der Waals surface area contributed by atoms with Crippen LogP contribution >= 0.6 is 0 Å². The van der Waals surface area contributed by atoms with Crippen LogP contribution in [-0.4, -0.2) is 47.4 Å². The molecule has 0 saturated heterocycles. The van der Waals surface area contributed by atoms with Crippen LogP contribution in [0, 0.1) is 6.92 Å². The first-order valence-corrected chi connectivity index (χ1v) is 9.10. The number of aryl methyl sites for hydroxylation is 1. The first-order valence-electron chi connectivity index (χ1n) is 9.10. The lowest BCUT2D eigenvalue weighted by Crippen LogP contribution is -2.30. The van der Waals surface area contributed by atoms with Crippen molar-refractivity contribution in [1.29, 1.82) is 0 Å². The number of imidazole rings is 1. The van der Waals surface area contributed by atoms with Gasteiger partial charge in [0.05, 0.1) is 17.3 Å². The number of primary amides is 1. The smallest absolute Gasteiger partial charge is 0.423 e. The number of anilines is 1. The van der Waals surface area contributed by atoms with Gasteiger partial charge in [0.25, 0.3) is 5.91 Å². The van der Waals surface area contributed by atoms with Crippen molar-refractivity contribution in [2.75, 3.05) is 5.32 Å². The summed E-state index contributed by atoms with van der Waals surface area (Å²) in [5, 5.41) is 21.7. The molecule has 4 aromatic rings. The zero-order valence-corrected chi connectivity index (χ0v) is 16.0. The molecule has 0 spiro atoms. The van der Waals surface area contributed by atoms with Crippen LogP contribution in [0.4, 0.5) is 5.95 Å². The number of hydrogen-bond acceptors (Lipinski definition) is 8. The minimum Gasteiger partial charge on any atom is -0.423 e. The maximum Gasteiger partial charge on any atom is 0.488 e. The molecule has 0 aliphatic carbocycles. The molecule has 30 heavy (non-hydrogen) atoms. The number of pyridine rings is 1. The molecule has 5 N–H and O–H groups in total. The molecular weight excluding hydrogens is 385 g/mol. The monoisotopic (exact) mass is 403 g/mol. The molecule has 0 atom stereocenters. The first-order chi connectivity index (χ1) is 14.4. The van der Waals surface area contributed by atoms with E-state index in [1.54, 1.807) is 54.0 Å². The Morgan fingerprint density at radius 2 is 2.03 bits per heavy atom. The molecule has 0 bridgehead atoms. The fraction of sp³-hybridized carbons (Fsp3) is 0.105. The lowest BCUT2D eigenvalue weighted by molar-refractivity contribution is 0.100. The molecule has 0 saturated carbocycles. The van der Waals surface area contributed by atoms with Crippen LogP contribution in [0.5, 0.6) is 0 Å².